The minimum absolute atomic E-state index is 0.207. The van der Waals surface area contributed by atoms with Gasteiger partial charge >= 0.3 is 0 Å². The second kappa shape index (κ2) is 19.9. The molecule has 0 aliphatic heterocycles. The lowest BCUT2D eigenvalue weighted by Gasteiger charge is -2.11. The molecule has 0 bridgehead atoms. The molecule has 0 N–H and O–H groups in total. The number of hydrogen-bond donors (Lipinski definition) is 0. The van der Waals surface area contributed by atoms with Crippen LogP contribution in [-0.2, 0) is 11.4 Å². The molecule has 5 rings (SSSR count). The molecule has 0 aliphatic rings. The van der Waals surface area contributed by atoms with Crippen LogP contribution in [0.15, 0.2) is 125 Å². The van der Waals surface area contributed by atoms with Crippen LogP contribution in [0.3, 0.4) is 0 Å². The Balaban J connectivity index is 0.000000224. The number of rotatable bonds is 10. The maximum atomic E-state index is 10.5. The number of aryl methyl sites for hydroxylation is 1. The molecule has 238 valence electrons. The highest BCUT2D eigenvalue weighted by atomic mass is 35.5. The van der Waals surface area contributed by atoms with Crippen LogP contribution in [0.5, 0.6) is 5.75 Å². The second-order valence-electron chi connectivity index (χ2n) is 10.5. The number of allylic oxidation sites excluding steroid dienone is 1. The maximum absolute atomic E-state index is 10.5. The maximum Gasteiger partial charge on any atom is 0.185 e. The third-order valence-corrected chi connectivity index (χ3v) is 6.22. The van der Waals surface area contributed by atoms with E-state index in [4.69, 9.17) is 25.2 Å². The predicted octanol–water partition coefficient (Wildman–Crippen LogP) is 9.68. The summed E-state index contributed by atoms with van der Waals surface area (Å²) in [5.41, 5.74) is 2.45. The van der Waals surface area contributed by atoms with Crippen molar-refractivity contribution in [1.29, 1.82) is 0 Å². The standard InChI is InChI=1S/C14H12O2.C11H7ClO2.C7H12O.C6H6O2/c15-10-12-6-8-14(9-7-12)16-11-13-4-2-1-3-5-13;12-9-3-1-2-8(6-9)11-5-4-10(7-13)14-11;1-4-5-7(2,3)6-8;1-5-2-3-6(4-7)8-5/h1-10H,11H2;1-7H;4,6H,1,5H2,2-3H3;2-4H,1H3. The van der Waals surface area contributed by atoms with Crippen LogP contribution in [0.4, 0.5) is 0 Å². The van der Waals surface area contributed by atoms with Crippen molar-refractivity contribution >= 4 is 36.7 Å². The molecular formula is C38H37ClO7. The number of ether oxygens (including phenoxy) is 1. The molecule has 0 unspecified atom stereocenters. The quantitative estimate of drug-likeness (QED) is 0.111. The molecule has 7 nitrogen and oxygen atoms in total. The molecule has 0 fully saturated rings. The van der Waals surface area contributed by atoms with Gasteiger partial charge in [-0.05, 0) is 79.6 Å². The van der Waals surface area contributed by atoms with E-state index < -0.39 is 0 Å². The van der Waals surface area contributed by atoms with Crippen LogP contribution < -0.4 is 4.74 Å². The Morgan fingerprint density at radius 3 is 1.89 bits per heavy atom. The predicted molar refractivity (Wildman–Crippen MR) is 181 cm³/mol. The van der Waals surface area contributed by atoms with E-state index >= 15 is 0 Å². The van der Waals surface area contributed by atoms with Gasteiger partial charge in [-0.15, -0.1) is 6.58 Å². The van der Waals surface area contributed by atoms with Crippen molar-refractivity contribution in [3.8, 4) is 17.1 Å². The molecule has 0 saturated carbocycles. The minimum atomic E-state index is -0.207. The molecule has 0 radical (unpaired) electrons. The van der Waals surface area contributed by atoms with Crippen LogP contribution in [0.2, 0.25) is 5.02 Å². The van der Waals surface area contributed by atoms with E-state index in [2.05, 4.69) is 6.58 Å². The third kappa shape index (κ3) is 14.0. The lowest BCUT2D eigenvalue weighted by molar-refractivity contribution is -0.114. The molecule has 0 amide bonds. The van der Waals surface area contributed by atoms with Crippen molar-refractivity contribution in [2.24, 2.45) is 5.41 Å². The van der Waals surface area contributed by atoms with Gasteiger partial charge in [-0.25, -0.2) is 0 Å². The van der Waals surface area contributed by atoms with E-state index in [9.17, 15) is 19.2 Å². The van der Waals surface area contributed by atoms with Gasteiger partial charge < -0.3 is 18.4 Å². The van der Waals surface area contributed by atoms with Gasteiger partial charge in [0.05, 0.1) is 0 Å². The molecule has 0 saturated heterocycles. The zero-order valence-corrected chi connectivity index (χ0v) is 26.8. The molecule has 5 aromatic rings. The summed E-state index contributed by atoms with van der Waals surface area (Å²) >= 11 is 5.82. The number of carbonyl (C=O) groups excluding carboxylic acids is 4. The van der Waals surface area contributed by atoms with E-state index in [1.165, 1.54) is 0 Å². The summed E-state index contributed by atoms with van der Waals surface area (Å²) in [6.07, 6.45) is 5.65. The van der Waals surface area contributed by atoms with Gasteiger partial charge in [0.2, 0.25) is 0 Å². The normalized spacial score (nSPS) is 9.91. The van der Waals surface area contributed by atoms with E-state index in [0.717, 1.165) is 41.6 Å². The first-order valence-electron chi connectivity index (χ1n) is 14.2. The van der Waals surface area contributed by atoms with Crippen LogP contribution in [0.1, 0.15) is 63.1 Å². The summed E-state index contributed by atoms with van der Waals surface area (Å²) in [5.74, 6) is 2.90. The summed E-state index contributed by atoms with van der Waals surface area (Å²) in [6, 6.07) is 31.1. The van der Waals surface area contributed by atoms with Crippen LogP contribution in [0.25, 0.3) is 11.3 Å². The van der Waals surface area contributed by atoms with Gasteiger partial charge in [-0.3, -0.25) is 14.4 Å². The highest BCUT2D eigenvalue weighted by molar-refractivity contribution is 6.30. The zero-order valence-electron chi connectivity index (χ0n) is 26.1. The minimum Gasteiger partial charge on any atom is -0.489 e. The van der Waals surface area contributed by atoms with Crippen molar-refractivity contribution in [3.05, 3.63) is 149 Å². The number of benzene rings is 3. The van der Waals surface area contributed by atoms with Gasteiger partial charge in [0.15, 0.2) is 24.1 Å². The van der Waals surface area contributed by atoms with Crippen molar-refractivity contribution in [3.63, 3.8) is 0 Å². The first-order valence-corrected chi connectivity index (χ1v) is 14.6. The Kier molecular flexibility index (Phi) is 16.0. The number of hydrogen-bond acceptors (Lipinski definition) is 7. The Morgan fingerprint density at radius 2 is 1.41 bits per heavy atom. The molecule has 46 heavy (non-hydrogen) atoms. The van der Waals surface area contributed by atoms with E-state index in [0.29, 0.717) is 47.0 Å². The van der Waals surface area contributed by atoms with E-state index in [-0.39, 0.29) is 5.41 Å². The lowest BCUT2D eigenvalue weighted by Crippen LogP contribution is -2.10. The van der Waals surface area contributed by atoms with Crippen molar-refractivity contribution < 1.29 is 32.7 Å². The molecule has 3 aromatic carbocycles. The van der Waals surface area contributed by atoms with Gasteiger partial charge in [0.1, 0.15) is 36.4 Å². The van der Waals surface area contributed by atoms with E-state index in [1.54, 1.807) is 73.7 Å². The second-order valence-corrected chi connectivity index (χ2v) is 10.9. The topological polar surface area (TPSA) is 104 Å². The van der Waals surface area contributed by atoms with Gasteiger partial charge in [0, 0.05) is 21.6 Å². The number of furan rings is 2. The number of carbonyl (C=O) groups is 4. The monoisotopic (exact) mass is 640 g/mol. The summed E-state index contributed by atoms with van der Waals surface area (Å²) < 4.78 is 15.7. The fraction of sp³-hybridized carbons (Fsp3) is 0.158. The Bertz CT molecular complexity index is 1650. The fourth-order valence-corrected chi connectivity index (χ4v) is 3.72. The average molecular weight is 641 g/mol. The molecule has 2 aromatic heterocycles. The van der Waals surface area contributed by atoms with Crippen LogP contribution in [-0.4, -0.2) is 25.1 Å². The summed E-state index contributed by atoms with van der Waals surface area (Å²) in [6.45, 7) is 9.66. The van der Waals surface area contributed by atoms with Gasteiger partial charge in [-0.2, -0.15) is 0 Å². The lowest BCUT2D eigenvalue weighted by atomic mass is 9.92. The molecule has 2 heterocycles. The summed E-state index contributed by atoms with van der Waals surface area (Å²) in [5, 5.41) is 0.645. The van der Waals surface area contributed by atoms with Crippen LogP contribution in [0, 0.1) is 12.3 Å². The number of aldehydes is 4. The molecule has 8 heteroatoms. The first-order chi connectivity index (χ1) is 22.1. The smallest absolute Gasteiger partial charge is 0.185 e. The Morgan fingerprint density at radius 1 is 0.761 bits per heavy atom. The Labute approximate surface area is 274 Å². The summed E-state index contributed by atoms with van der Waals surface area (Å²) in [7, 11) is 0. The fourth-order valence-electron chi connectivity index (χ4n) is 3.53. The molecule has 0 spiro atoms. The SMILES string of the molecule is C=CCC(C)(C)C=O.Cc1ccc(C=O)o1.O=Cc1ccc(-c2cccc(Cl)c2)o1.O=Cc1ccc(OCc2ccccc2)cc1. The largest absolute Gasteiger partial charge is 0.489 e. The molecular weight excluding hydrogens is 604 g/mol. The van der Waals surface area contributed by atoms with Crippen LogP contribution >= 0.6 is 11.6 Å². The van der Waals surface area contributed by atoms with Crippen molar-refractivity contribution in [2.75, 3.05) is 0 Å². The van der Waals surface area contributed by atoms with Gasteiger partial charge in [-0.1, -0.05) is 74.0 Å². The van der Waals surface area contributed by atoms with Crippen molar-refractivity contribution in [1.82, 2.24) is 0 Å². The highest BCUT2D eigenvalue weighted by Gasteiger charge is 2.12. The molecule has 0 aliphatic carbocycles. The van der Waals surface area contributed by atoms with Crippen molar-refractivity contribution in [2.45, 2.75) is 33.8 Å². The average Bonchev–Trinajstić information content (AvgIpc) is 3.74. The highest BCUT2D eigenvalue weighted by Crippen LogP contribution is 2.24. The summed E-state index contributed by atoms with van der Waals surface area (Å²) in [4.78, 5) is 40.9. The van der Waals surface area contributed by atoms with E-state index in [1.807, 2.05) is 56.3 Å². The van der Waals surface area contributed by atoms with Gasteiger partial charge in [0.25, 0.3) is 0 Å². The Hall–Kier alpha value is -5.27. The molecule has 0 atom stereocenters. The first kappa shape index (κ1) is 36.9. The number of halogens is 1. The third-order valence-electron chi connectivity index (χ3n) is 5.98. The zero-order chi connectivity index (χ0) is 33.8.